The molecule has 1 fully saturated rings. The van der Waals surface area contributed by atoms with E-state index in [4.69, 9.17) is 5.26 Å². The maximum atomic E-state index is 11.5. The third-order valence-electron chi connectivity index (χ3n) is 2.85. The van der Waals surface area contributed by atoms with E-state index in [1.165, 1.54) is 6.26 Å². The number of nitriles is 1. The van der Waals surface area contributed by atoms with Gasteiger partial charge in [-0.2, -0.15) is 5.26 Å². The first kappa shape index (κ1) is 11.6. The Hall–Kier alpha value is -0.860. The van der Waals surface area contributed by atoms with E-state index in [-0.39, 0.29) is 5.92 Å². The maximum absolute atomic E-state index is 11.5. The van der Waals surface area contributed by atoms with E-state index in [0.29, 0.717) is 0 Å². The minimum absolute atomic E-state index is 0.159. The van der Waals surface area contributed by atoms with Crippen molar-refractivity contribution in [2.45, 2.75) is 11.2 Å². The highest BCUT2D eigenvalue weighted by Crippen LogP contribution is 2.51. The van der Waals surface area contributed by atoms with Crippen molar-refractivity contribution in [2.24, 2.45) is 5.92 Å². The zero-order valence-corrected chi connectivity index (χ0v) is 11.0. The Morgan fingerprint density at radius 2 is 1.88 bits per heavy atom. The second-order valence-corrected chi connectivity index (χ2v) is 7.15. The number of sulfone groups is 1. The molecule has 1 saturated carbocycles. The van der Waals surface area contributed by atoms with Gasteiger partial charge in [0.15, 0.2) is 9.84 Å². The van der Waals surface area contributed by atoms with Crippen molar-refractivity contribution in [1.82, 2.24) is 0 Å². The fraction of sp³-hybridized carbons (Fsp3) is 0.364. The van der Waals surface area contributed by atoms with Crippen LogP contribution in [0.1, 0.15) is 11.5 Å². The third kappa shape index (κ3) is 2.00. The molecule has 5 heteroatoms. The van der Waals surface area contributed by atoms with Crippen molar-refractivity contribution < 1.29 is 8.42 Å². The average molecular weight is 300 g/mol. The SMILES string of the molecule is CS(=O)(=O)C1C(C#N)C1c1ccc(Br)cc1. The highest BCUT2D eigenvalue weighted by atomic mass is 79.9. The van der Waals surface area contributed by atoms with Crippen LogP contribution in [0, 0.1) is 17.2 Å². The lowest BCUT2D eigenvalue weighted by atomic mass is 10.1. The predicted octanol–water partition coefficient (Wildman–Crippen LogP) is 2.10. The molecular formula is C11H10BrNO2S. The summed E-state index contributed by atoms with van der Waals surface area (Å²) in [5.41, 5.74) is 0.921. The van der Waals surface area contributed by atoms with Gasteiger partial charge in [0.1, 0.15) is 0 Å². The fourth-order valence-electron chi connectivity index (χ4n) is 2.05. The van der Waals surface area contributed by atoms with Crippen LogP contribution in [0.15, 0.2) is 28.7 Å². The van der Waals surface area contributed by atoms with Crippen molar-refractivity contribution in [3.8, 4) is 6.07 Å². The fourth-order valence-corrected chi connectivity index (χ4v) is 3.85. The second-order valence-electron chi connectivity index (χ2n) is 4.03. The number of hydrogen-bond donors (Lipinski definition) is 0. The second kappa shape index (κ2) is 3.86. The predicted molar refractivity (Wildman–Crippen MR) is 64.6 cm³/mol. The van der Waals surface area contributed by atoms with Crippen LogP contribution < -0.4 is 0 Å². The molecule has 2 rings (SSSR count). The summed E-state index contributed by atoms with van der Waals surface area (Å²) in [5, 5.41) is 8.37. The van der Waals surface area contributed by atoms with E-state index in [0.717, 1.165) is 10.0 Å². The summed E-state index contributed by atoms with van der Waals surface area (Å²) in [5.74, 6) is -0.552. The van der Waals surface area contributed by atoms with Crippen LogP contribution in [0.4, 0.5) is 0 Å². The Morgan fingerprint density at radius 3 is 2.25 bits per heavy atom. The molecule has 0 heterocycles. The molecule has 1 aromatic rings. The summed E-state index contributed by atoms with van der Waals surface area (Å²) in [6.45, 7) is 0. The molecular weight excluding hydrogens is 290 g/mol. The van der Waals surface area contributed by atoms with Crippen LogP contribution in [0.2, 0.25) is 0 Å². The average Bonchev–Trinajstić information content (AvgIpc) is 2.92. The molecule has 16 heavy (non-hydrogen) atoms. The van der Waals surface area contributed by atoms with Crippen LogP contribution in [-0.2, 0) is 9.84 Å². The molecule has 0 spiro atoms. The van der Waals surface area contributed by atoms with Gasteiger partial charge in [-0.15, -0.1) is 0 Å². The summed E-state index contributed by atoms with van der Waals surface area (Å²) in [6.07, 6.45) is 1.20. The molecule has 3 unspecified atom stereocenters. The molecule has 0 aliphatic heterocycles. The smallest absolute Gasteiger partial charge is 0.152 e. The van der Waals surface area contributed by atoms with Crippen LogP contribution in [0.5, 0.6) is 0 Å². The van der Waals surface area contributed by atoms with Gasteiger partial charge in [-0.05, 0) is 17.7 Å². The monoisotopic (exact) mass is 299 g/mol. The number of rotatable bonds is 2. The summed E-state index contributed by atoms with van der Waals surface area (Å²) in [6, 6.07) is 9.52. The van der Waals surface area contributed by atoms with Crippen molar-refractivity contribution in [2.75, 3.05) is 6.26 Å². The molecule has 0 radical (unpaired) electrons. The summed E-state index contributed by atoms with van der Waals surface area (Å²) < 4.78 is 23.9. The Kier molecular flexibility index (Phi) is 2.81. The maximum Gasteiger partial charge on any atom is 0.152 e. The van der Waals surface area contributed by atoms with Crippen molar-refractivity contribution in [3.05, 3.63) is 34.3 Å². The Morgan fingerprint density at radius 1 is 1.31 bits per heavy atom. The number of hydrogen-bond acceptors (Lipinski definition) is 3. The number of nitrogens with zero attached hydrogens (tertiary/aromatic N) is 1. The molecule has 0 bridgehead atoms. The summed E-state index contributed by atoms with van der Waals surface area (Å²) in [7, 11) is -3.13. The minimum atomic E-state index is -3.13. The summed E-state index contributed by atoms with van der Waals surface area (Å²) in [4.78, 5) is 0. The minimum Gasteiger partial charge on any atom is -0.229 e. The van der Waals surface area contributed by atoms with Crippen molar-refractivity contribution in [1.29, 1.82) is 5.26 Å². The van der Waals surface area contributed by atoms with Crippen LogP contribution in [0.3, 0.4) is 0 Å². The molecule has 84 valence electrons. The highest BCUT2D eigenvalue weighted by molar-refractivity contribution is 9.10. The Bertz CT molecular complexity index is 544. The van der Waals surface area contributed by atoms with E-state index >= 15 is 0 Å². The van der Waals surface area contributed by atoms with Gasteiger partial charge in [-0.3, -0.25) is 0 Å². The van der Waals surface area contributed by atoms with Gasteiger partial charge < -0.3 is 0 Å². The van der Waals surface area contributed by atoms with Crippen LogP contribution in [0.25, 0.3) is 0 Å². The van der Waals surface area contributed by atoms with Crippen molar-refractivity contribution in [3.63, 3.8) is 0 Å². The molecule has 1 aromatic carbocycles. The first-order valence-electron chi connectivity index (χ1n) is 4.79. The zero-order valence-electron chi connectivity index (χ0n) is 8.59. The van der Waals surface area contributed by atoms with E-state index in [1.54, 1.807) is 0 Å². The lowest BCUT2D eigenvalue weighted by molar-refractivity contribution is 0.599. The standard InChI is InChI=1S/C11H10BrNO2S/c1-16(14,15)11-9(6-13)10(11)7-2-4-8(12)5-3-7/h2-5,9-11H,1H3. The topological polar surface area (TPSA) is 57.9 Å². The molecule has 0 aromatic heterocycles. The van der Waals surface area contributed by atoms with Gasteiger partial charge in [0.25, 0.3) is 0 Å². The highest BCUT2D eigenvalue weighted by Gasteiger charge is 2.57. The molecule has 1 aliphatic carbocycles. The van der Waals surface area contributed by atoms with Crippen LogP contribution in [-0.4, -0.2) is 19.9 Å². The number of halogens is 1. The molecule has 0 N–H and O–H groups in total. The van der Waals surface area contributed by atoms with Gasteiger partial charge >= 0.3 is 0 Å². The Labute approximate surface area is 103 Å². The van der Waals surface area contributed by atoms with E-state index in [9.17, 15) is 8.42 Å². The van der Waals surface area contributed by atoms with Crippen molar-refractivity contribution >= 4 is 25.8 Å². The van der Waals surface area contributed by atoms with Gasteiger partial charge in [-0.25, -0.2) is 8.42 Å². The normalized spacial score (nSPS) is 28.4. The largest absolute Gasteiger partial charge is 0.229 e. The lowest BCUT2D eigenvalue weighted by Crippen LogP contribution is -2.06. The first-order chi connectivity index (χ1) is 7.45. The van der Waals surface area contributed by atoms with Gasteiger partial charge in [-0.1, -0.05) is 28.1 Å². The quantitative estimate of drug-likeness (QED) is 0.840. The molecule has 0 saturated heterocycles. The molecule has 1 aliphatic rings. The number of benzene rings is 1. The lowest BCUT2D eigenvalue weighted by Gasteiger charge is -1.98. The van der Waals surface area contributed by atoms with E-state index in [2.05, 4.69) is 22.0 Å². The third-order valence-corrected chi connectivity index (χ3v) is 4.96. The van der Waals surface area contributed by atoms with Gasteiger partial charge in [0.05, 0.1) is 17.2 Å². The zero-order chi connectivity index (χ0) is 11.9. The van der Waals surface area contributed by atoms with E-state index < -0.39 is 21.0 Å². The van der Waals surface area contributed by atoms with Gasteiger partial charge in [0, 0.05) is 16.6 Å². The molecule has 3 atom stereocenters. The molecule has 3 nitrogen and oxygen atoms in total. The van der Waals surface area contributed by atoms with Gasteiger partial charge in [0.2, 0.25) is 0 Å². The Balaban J connectivity index is 2.31. The van der Waals surface area contributed by atoms with E-state index in [1.807, 2.05) is 24.3 Å². The summed E-state index contributed by atoms with van der Waals surface area (Å²) >= 11 is 3.32. The first-order valence-corrected chi connectivity index (χ1v) is 7.54. The van der Waals surface area contributed by atoms with Crippen LogP contribution >= 0.6 is 15.9 Å². The molecule has 0 amide bonds.